The molecule has 114 valence electrons. The van der Waals surface area contributed by atoms with Crippen molar-refractivity contribution in [3.8, 4) is 0 Å². The molecule has 1 unspecified atom stereocenters. The van der Waals surface area contributed by atoms with Crippen LogP contribution in [0.1, 0.15) is 23.5 Å². The monoisotopic (exact) mass is 345 g/mol. The minimum atomic E-state index is -3.13. The van der Waals surface area contributed by atoms with Gasteiger partial charge in [-0.3, -0.25) is 4.79 Å². The Bertz CT molecular complexity index is 768. The number of carbonyl (C=O) groups is 1. The van der Waals surface area contributed by atoms with Crippen molar-refractivity contribution in [1.82, 2.24) is 5.32 Å². The number of benzene rings is 1. The maximum Gasteiger partial charge on any atom is 0.263 e. The molecule has 4 nitrogen and oxygen atoms in total. The summed E-state index contributed by atoms with van der Waals surface area (Å²) in [7, 11) is -3.13. The van der Waals surface area contributed by atoms with Crippen LogP contribution in [-0.4, -0.2) is 31.9 Å². The third-order valence-electron chi connectivity index (χ3n) is 3.06. The highest BCUT2D eigenvalue weighted by Gasteiger charge is 2.20. The molecule has 1 N–H and O–H groups in total. The van der Waals surface area contributed by atoms with Gasteiger partial charge in [0.15, 0.2) is 9.84 Å². The van der Waals surface area contributed by atoms with E-state index in [2.05, 4.69) is 5.32 Å². The van der Waals surface area contributed by atoms with E-state index in [1.54, 1.807) is 13.8 Å². The molecule has 0 aliphatic carbocycles. The second kappa shape index (κ2) is 6.34. The van der Waals surface area contributed by atoms with Gasteiger partial charge in [0.1, 0.15) is 4.88 Å². The Morgan fingerprint density at radius 2 is 2.05 bits per heavy atom. The smallest absolute Gasteiger partial charge is 0.263 e. The molecule has 2 rings (SSSR count). The van der Waals surface area contributed by atoms with Crippen LogP contribution in [0.5, 0.6) is 0 Å². The van der Waals surface area contributed by atoms with Crippen LogP contribution >= 0.6 is 22.9 Å². The van der Waals surface area contributed by atoms with Crippen LogP contribution in [0.2, 0.25) is 5.02 Å². The minimum Gasteiger partial charge on any atom is -0.348 e. The average Bonchev–Trinajstić information content (AvgIpc) is 2.76. The van der Waals surface area contributed by atoms with Gasteiger partial charge >= 0.3 is 0 Å². The van der Waals surface area contributed by atoms with Gasteiger partial charge < -0.3 is 5.32 Å². The van der Waals surface area contributed by atoms with Crippen molar-refractivity contribution < 1.29 is 13.2 Å². The number of carbonyl (C=O) groups excluding carboxylic acids is 1. The fourth-order valence-electron chi connectivity index (χ4n) is 1.99. The zero-order chi connectivity index (χ0) is 15.6. The molecule has 1 amide bonds. The van der Waals surface area contributed by atoms with Crippen LogP contribution in [0.3, 0.4) is 0 Å². The molecule has 1 aromatic carbocycles. The maximum absolute atomic E-state index is 12.2. The second-order valence-electron chi connectivity index (χ2n) is 4.81. The third kappa shape index (κ3) is 3.75. The highest BCUT2D eigenvalue weighted by Crippen LogP contribution is 2.34. The summed E-state index contributed by atoms with van der Waals surface area (Å²) < 4.78 is 24.1. The first-order valence-corrected chi connectivity index (χ1v) is 9.54. The fourth-order valence-corrected chi connectivity index (χ4v) is 4.49. The van der Waals surface area contributed by atoms with Gasteiger partial charge in [0.25, 0.3) is 5.91 Å². The number of hydrogen-bond donors (Lipinski definition) is 1. The zero-order valence-electron chi connectivity index (χ0n) is 11.7. The molecule has 21 heavy (non-hydrogen) atoms. The summed E-state index contributed by atoms with van der Waals surface area (Å²) in [5.74, 6) is -0.339. The van der Waals surface area contributed by atoms with Gasteiger partial charge in [-0.05, 0) is 13.0 Å². The number of hydrogen-bond acceptors (Lipinski definition) is 4. The molecule has 0 saturated carbocycles. The van der Waals surface area contributed by atoms with Crippen LogP contribution in [-0.2, 0) is 9.84 Å². The standard InChI is InChI=1S/C14H16ClNO3S2/c1-3-21(18,19)8-9(2)16-14(17)13-12(15)10-6-4-5-7-11(10)20-13/h4-7,9H,3,8H2,1-2H3,(H,16,17). The quantitative estimate of drug-likeness (QED) is 0.905. The van der Waals surface area contributed by atoms with E-state index in [0.29, 0.717) is 9.90 Å². The molecule has 1 atom stereocenters. The third-order valence-corrected chi connectivity index (χ3v) is 6.62. The lowest BCUT2D eigenvalue weighted by Crippen LogP contribution is -2.37. The van der Waals surface area contributed by atoms with E-state index < -0.39 is 15.9 Å². The van der Waals surface area contributed by atoms with E-state index in [1.807, 2.05) is 24.3 Å². The number of rotatable bonds is 5. The number of sulfone groups is 1. The molecule has 0 aliphatic heterocycles. The van der Waals surface area contributed by atoms with Gasteiger partial charge in [-0.15, -0.1) is 11.3 Å². The highest BCUT2D eigenvalue weighted by molar-refractivity contribution is 7.91. The van der Waals surface area contributed by atoms with Crippen LogP contribution < -0.4 is 5.32 Å². The van der Waals surface area contributed by atoms with Crippen LogP contribution in [0.25, 0.3) is 10.1 Å². The van der Waals surface area contributed by atoms with E-state index in [-0.39, 0.29) is 17.4 Å². The number of halogens is 1. The molecular formula is C14H16ClNO3S2. The van der Waals surface area contributed by atoms with Crippen molar-refractivity contribution in [2.75, 3.05) is 11.5 Å². The van der Waals surface area contributed by atoms with Crippen LogP contribution in [0, 0.1) is 0 Å². The predicted molar refractivity (Wildman–Crippen MR) is 88.1 cm³/mol. The van der Waals surface area contributed by atoms with Crippen molar-refractivity contribution in [2.24, 2.45) is 0 Å². The maximum atomic E-state index is 12.2. The van der Waals surface area contributed by atoms with E-state index >= 15 is 0 Å². The molecule has 0 aliphatic rings. The lowest BCUT2D eigenvalue weighted by Gasteiger charge is -2.13. The first kappa shape index (κ1) is 16.3. The van der Waals surface area contributed by atoms with Gasteiger partial charge in [-0.1, -0.05) is 36.7 Å². The number of amides is 1. The molecular weight excluding hydrogens is 330 g/mol. The predicted octanol–water partition coefficient (Wildman–Crippen LogP) is 3.11. The van der Waals surface area contributed by atoms with Crippen molar-refractivity contribution >= 4 is 48.8 Å². The fraction of sp³-hybridized carbons (Fsp3) is 0.357. The van der Waals surface area contributed by atoms with E-state index in [0.717, 1.165) is 10.1 Å². The van der Waals surface area contributed by atoms with E-state index in [4.69, 9.17) is 11.6 Å². The summed E-state index contributed by atoms with van der Waals surface area (Å²) in [6.45, 7) is 3.26. The molecule has 0 spiro atoms. The SMILES string of the molecule is CCS(=O)(=O)CC(C)NC(=O)c1sc2ccccc2c1Cl. The molecule has 0 saturated heterocycles. The van der Waals surface area contributed by atoms with Gasteiger partial charge in [-0.25, -0.2) is 8.42 Å². The average molecular weight is 346 g/mol. The zero-order valence-corrected chi connectivity index (χ0v) is 14.1. The van der Waals surface area contributed by atoms with Crippen molar-refractivity contribution in [1.29, 1.82) is 0 Å². The summed E-state index contributed by atoms with van der Waals surface area (Å²) in [6.07, 6.45) is 0. The van der Waals surface area contributed by atoms with Crippen molar-refractivity contribution in [3.63, 3.8) is 0 Å². The first-order valence-electron chi connectivity index (χ1n) is 6.52. The summed E-state index contributed by atoms with van der Waals surface area (Å²) >= 11 is 7.53. The molecule has 2 aromatic rings. The number of fused-ring (bicyclic) bond motifs is 1. The Hall–Kier alpha value is -1.11. The Kier molecular flexibility index (Phi) is 4.91. The highest BCUT2D eigenvalue weighted by atomic mass is 35.5. The number of thiophene rings is 1. The lowest BCUT2D eigenvalue weighted by atomic mass is 10.2. The molecule has 1 heterocycles. The minimum absolute atomic E-state index is 0.0663. The Morgan fingerprint density at radius 1 is 1.38 bits per heavy atom. The van der Waals surface area contributed by atoms with Gasteiger partial charge in [0.2, 0.25) is 0 Å². The van der Waals surface area contributed by atoms with Crippen molar-refractivity contribution in [3.05, 3.63) is 34.2 Å². The lowest BCUT2D eigenvalue weighted by molar-refractivity contribution is 0.0948. The van der Waals surface area contributed by atoms with Crippen LogP contribution in [0.4, 0.5) is 0 Å². The normalized spacial score (nSPS) is 13.3. The molecule has 0 radical (unpaired) electrons. The largest absolute Gasteiger partial charge is 0.348 e. The van der Waals surface area contributed by atoms with Gasteiger partial charge in [0, 0.05) is 21.9 Å². The molecule has 0 bridgehead atoms. The van der Waals surface area contributed by atoms with Crippen LogP contribution in [0.15, 0.2) is 24.3 Å². The topological polar surface area (TPSA) is 63.2 Å². The molecule has 1 aromatic heterocycles. The summed E-state index contributed by atoms with van der Waals surface area (Å²) in [5.41, 5.74) is 0. The van der Waals surface area contributed by atoms with E-state index in [1.165, 1.54) is 11.3 Å². The second-order valence-corrected chi connectivity index (χ2v) is 8.64. The Balaban J connectivity index is 2.17. The van der Waals surface area contributed by atoms with E-state index in [9.17, 15) is 13.2 Å². The Morgan fingerprint density at radius 3 is 2.67 bits per heavy atom. The van der Waals surface area contributed by atoms with Crippen molar-refractivity contribution in [2.45, 2.75) is 19.9 Å². The van der Waals surface area contributed by atoms with Gasteiger partial charge in [0.05, 0.1) is 10.8 Å². The van der Waals surface area contributed by atoms with Gasteiger partial charge in [-0.2, -0.15) is 0 Å². The summed E-state index contributed by atoms with van der Waals surface area (Å²) in [6, 6.07) is 7.04. The Labute approximate surface area is 133 Å². The summed E-state index contributed by atoms with van der Waals surface area (Å²) in [5, 5.41) is 3.95. The first-order chi connectivity index (χ1) is 9.84. The number of nitrogens with one attached hydrogen (secondary N) is 1. The summed E-state index contributed by atoms with van der Waals surface area (Å²) in [4.78, 5) is 12.7. The molecule has 0 fully saturated rings. The molecule has 7 heteroatoms.